The second-order valence-corrected chi connectivity index (χ2v) is 7.17. The summed E-state index contributed by atoms with van der Waals surface area (Å²) in [4.78, 5) is 5.55. The zero-order valence-electron chi connectivity index (χ0n) is 14.7. The minimum Gasteiger partial charge on any atom is -0.356 e. The number of benzene rings is 1. The van der Waals surface area contributed by atoms with E-state index in [4.69, 9.17) is 0 Å². The Hall–Kier alpha value is -1.83. The van der Waals surface area contributed by atoms with Gasteiger partial charge in [0.05, 0.1) is 6.54 Å². The summed E-state index contributed by atoms with van der Waals surface area (Å²) < 4.78 is 51.5. The van der Waals surface area contributed by atoms with E-state index < -0.39 is 12.7 Å². The van der Waals surface area contributed by atoms with E-state index in [-0.39, 0.29) is 17.3 Å². The van der Waals surface area contributed by atoms with Gasteiger partial charge in [0.15, 0.2) is 5.96 Å². The monoisotopic (exact) mass is 372 g/mol. The van der Waals surface area contributed by atoms with E-state index in [1.54, 1.807) is 13.1 Å². The first-order valence-electron chi connectivity index (χ1n) is 8.83. The Kier molecular flexibility index (Phi) is 5.41. The quantitative estimate of drug-likeness (QED) is 0.474. The molecule has 0 amide bonds. The number of halogens is 4. The van der Waals surface area contributed by atoms with Gasteiger partial charge in [-0.2, -0.15) is 13.2 Å². The summed E-state index contributed by atoms with van der Waals surface area (Å²) in [6, 6.07) is 6.71. The molecular formula is C18H24F4N4. The molecule has 0 bridgehead atoms. The van der Waals surface area contributed by atoms with Gasteiger partial charge in [0.1, 0.15) is 5.82 Å². The number of nitrogens with zero attached hydrogens (tertiary/aromatic N) is 2. The number of rotatable bonds is 5. The van der Waals surface area contributed by atoms with Crippen molar-refractivity contribution in [3.63, 3.8) is 0 Å². The third kappa shape index (κ3) is 4.66. The SMILES string of the molecule is CN=C(NCC1(c2ccccc2F)CC1)NC1CCN(CC(F)(F)F)C1. The lowest BCUT2D eigenvalue weighted by molar-refractivity contribution is -0.143. The Labute approximate surface area is 150 Å². The number of likely N-dealkylation sites (tertiary alicyclic amines) is 1. The molecule has 1 atom stereocenters. The fourth-order valence-corrected chi connectivity index (χ4v) is 3.57. The van der Waals surface area contributed by atoms with Gasteiger partial charge in [-0.05, 0) is 30.9 Å². The molecule has 1 heterocycles. The average Bonchev–Trinajstić information content (AvgIpc) is 3.24. The zero-order valence-corrected chi connectivity index (χ0v) is 14.7. The van der Waals surface area contributed by atoms with Crippen LogP contribution in [0.2, 0.25) is 0 Å². The van der Waals surface area contributed by atoms with Crippen LogP contribution in [0.3, 0.4) is 0 Å². The molecule has 1 aromatic rings. The standard InChI is InChI=1S/C18H24F4N4/c1-23-16(25-13-6-9-26(10-13)12-18(20,21)22)24-11-17(7-8-17)14-4-2-3-5-15(14)19/h2-5,13H,6-12H2,1H3,(H2,23,24,25). The minimum atomic E-state index is -4.17. The highest BCUT2D eigenvalue weighted by Crippen LogP contribution is 2.48. The fraction of sp³-hybridized carbons (Fsp3) is 0.611. The van der Waals surface area contributed by atoms with Gasteiger partial charge in [0.25, 0.3) is 0 Å². The van der Waals surface area contributed by atoms with Gasteiger partial charge in [-0.3, -0.25) is 9.89 Å². The predicted molar refractivity (Wildman–Crippen MR) is 92.7 cm³/mol. The number of aliphatic imine (C=N–C) groups is 1. The highest BCUT2D eigenvalue weighted by molar-refractivity contribution is 5.80. The third-order valence-electron chi connectivity index (χ3n) is 5.13. The van der Waals surface area contributed by atoms with Crippen LogP contribution in [0.4, 0.5) is 17.6 Å². The van der Waals surface area contributed by atoms with Crippen molar-refractivity contribution in [1.29, 1.82) is 0 Å². The molecule has 144 valence electrons. The van der Waals surface area contributed by atoms with E-state index in [1.165, 1.54) is 11.0 Å². The fourth-order valence-electron chi connectivity index (χ4n) is 3.57. The van der Waals surface area contributed by atoms with Crippen molar-refractivity contribution < 1.29 is 17.6 Å². The second kappa shape index (κ2) is 7.42. The molecular weight excluding hydrogens is 348 g/mol. The van der Waals surface area contributed by atoms with Crippen molar-refractivity contribution in [1.82, 2.24) is 15.5 Å². The normalized spacial score (nSPS) is 23.1. The first-order chi connectivity index (χ1) is 12.3. The Morgan fingerprint density at radius 2 is 2.04 bits per heavy atom. The molecule has 2 fully saturated rings. The molecule has 26 heavy (non-hydrogen) atoms. The summed E-state index contributed by atoms with van der Waals surface area (Å²) in [7, 11) is 1.63. The minimum absolute atomic E-state index is 0.0767. The lowest BCUT2D eigenvalue weighted by atomic mass is 9.95. The molecule has 3 rings (SSSR count). The second-order valence-electron chi connectivity index (χ2n) is 7.17. The Balaban J connectivity index is 1.51. The zero-order chi connectivity index (χ0) is 18.8. The van der Waals surface area contributed by atoms with Gasteiger partial charge >= 0.3 is 6.18 Å². The average molecular weight is 372 g/mol. The van der Waals surface area contributed by atoms with E-state index in [1.807, 2.05) is 12.1 Å². The highest BCUT2D eigenvalue weighted by Gasteiger charge is 2.46. The molecule has 1 unspecified atom stereocenters. The lowest BCUT2D eigenvalue weighted by Crippen LogP contribution is -2.47. The van der Waals surface area contributed by atoms with Crippen LogP contribution < -0.4 is 10.6 Å². The molecule has 8 heteroatoms. The van der Waals surface area contributed by atoms with Crippen LogP contribution in [-0.2, 0) is 5.41 Å². The van der Waals surface area contributed by atoms with Crippen LogP contribution in [0.15, 0.2) is 29.3 Å². The molecule has 2 N–H and O–H groups in total. The molecule has 1 aromatic carbocycles. The highest BCUT2D eigenvalue weighted by atomic mass is 19.4. The summed E-state index contributed by atoms with van der Waals surface area (Å²) in [6.07, 6.45) is -1.73. The molecule has 1 aliphatic heterocycles. The Morgan fingerprint density at radius 3 is 2.65 bits per heavy atom. The number of hydrogen-bond acceptors (Lipinski definition) is 2. The van der Waals surface area contributed by atoms with E-state index in [2.05, 4.69) is 15.6 Å². The summed E-state index contributed by atoms with van der Waals surface area (Å²) in [5, 5.41) is 6.40. The summed E-state index contributed by atoms with van der Waals surface area (Å²) >= 11 is 0. The smallest absolute Gasteiger partial charge is 0.356 e. The number of guanidine groups is 1. The summed E-state index contributed by atoms with van der Waals surface area (Å²) in [5.74, 6) is 0.347. The van der Waals surface area contributed by atoms with Crippen molar-refractivity contribution in [3.8, 4) is 0 Å². The van der Waals surface area contributed by atoms with E-state index >= 15 is 0 Å². The molecule has 2 aliphatic rings. The van der Waals surface area contributed by atoms with Crippen molar-refractivity contribution in [2.45, 2.75) is 36.9 Å². The molecule has 0 spiro atoms. The van der Waals surface area contributed by atoms with Gasteiger partial charge in [-0.1, -0.05) is 18.2 Å². The maximum absolute atomic E-state index is 14.1. The number of alkyl halides is 3. The largest absolute Gasteiger partial charge is 0.401 e. The van der Waals surface area contributed by atoms with Crippen molar-refractivity contribution in [3.05, 3.63) is 35.6 Å². The van der Waals surface area contributed by atoms with Crippen LogP contribution in [0.5, 0.6) is 0 Å². The van der Waals surface area contributed by atoms with Crippen LogP contribution in [-0.4, -0.2) is 56.3 Å². The van der Waals surface area contributed by atoms with Crippen LogP contribution in [0.25, 0.3) is 0 Å². The van der Waals surface area contributed by atoms with Gasteiger partial charge < -0.3 is 10.6 Å². The topological polar surface area (TPSA) is 39.7 Å². The first-order valence-corrected chi connectivity index (χ1v) is 8.83. The van der Waals surface area contributed by atoms with Crippen molar-refractivity contribution in [2.75, 3.05) is 33.2 Å². The molecule has 1 saturated carbocycles. The molecule has 1 saturated heterocycles. The number of hydrogen-bond donors (Lipinski definition) is 2. The molecule has 4 nitrogen and oxygen atoms in total. The summed E-state index contributed by atoms with van der Waals surface area (Å²) in [5.41, 5.74) is 0.487. The van der Waals surface area contributed by atoms with Crippen LogP contribution in [0.1, 0.15) is 24.8 Å². The molecule has 0 aromatic heterocycles. The van der Waals surface area contributed by atoms with Crippen molar-refractivity contribution in [2.24, 2.45) is 4.99 Å². The van der Waals surface area contributed by atoms with Gasteiger partial charge in [-0.25, -0.2) is 4.39 Å². The van der Waals surface area contributed by atoms with Crippen LogP contribution >= 0.6 is 0 Å². The third-order valence-corrected chi connectivity index (χ3v) is 5.13. The van der Waals surface area contributed by atoms with E-state index in [0.29, 0.717) is 37.6 Å². The Morgan fingerprint density at radius 1 is 1.31 bits per heavy atom. The molecule has 1 aliphatic carbocycles. The van der Waals surface area contributed by atoms with E-state index in [0.717, 1.165) is 12.8 Å². The predicted octanol–water partition coefficient (Wildman–Crippen LogP) is 2.66. The Bertz CT molecular complexity index is 655. The van der Waals surface area contributed by atoms with Crippen molar-refractivity contribution >= 4 is 5.96 Å². The van der Waals surface area contributed by atoms with E-state index in [9.17, 15) is 17.6 Å². The first kappa shape index (κ1) is 18.9. The van der Waals surface area contributed by atoms with Gasteiger partial charge in [0, 0.05) is 38.1 Å². The lowest BCUT2D eigenvalue weighted by Gasteiger charge is -2.22. The maximum Gasteiger partial charge on any atom is 0.401 e. The van der Waals surface area contributed by atoms with Crippen LogP contribution in [0, 0.1) is 5.82 Å². The summed E-state index contributed by atoms with van der Waals surface area (Å²) in [6.45, 7) is 0.409. The van der Waals surface area contributed by atoms with Gasteiger partial charge in [-0.15, -0.1) is 0 Å². The molecule has 0 radical (unpaired) electrons. The number of nitrogens with one attached hydrogen (secondary N) is 2. The van der Waals surface area contributed by atoms with Gasteiger partial charge in [0.2, 0.25) is 0 Å². The maximum atomic E-state index is 14.1.